The molecule has 0 radical (unpaired) electrons. The van der Waals surface area contributed by atoms with Crippen LogP contribution in [0.1, 0.15) is 44.0 Å². The van der Waals surface area contributed by atoms with Gasteiger partial charge in [0.05, 0.1) is 13.7 Å². The summed E-state index contributed by atoms with van der Waals surface area (Å²) in [5, 5.41) is 7.37. The van der Waals surface area contributed by atoms with Gasteiger partial charge >= 0.3 is 0 Å². The standard InChI is InChI=1S/C22H33FN6O2.HI/c1-5-24-22(25-9-8-20-26-21(16(2)3)27-31-20)29-12-10-28(11-13-29)15-17-6-7-19(30-4)18(23)14-17;/h6-7,14,16H,5,8-13,15H2,1-4H3,(H,24,25);1H. The molecule has 1 saturated heterocycles. The first kappa shape index (κ1) is 26.3. The summed E-state index contributed by atoms with van der Waals surface area (Å²) in [5.74, 6) is 2.48. The smallest absolute Gasteiger partial charge is 0.228 e. The second-order valence-electron chi connectivity index (χ2n) is 7.92. The van der Waals surface area contributed by atoms with Gasteiger partial charge in [0.1, 0.15) is 0 Å². The normalized spacial score (nSPS) is 15.1. The molecule has 0 spiro atoms. The third-order valence-corrected chi connectivity index (χ3v) is 5.22. The fourth-order valence-electron chi connectivity index (χ4n) is 3.47. The fourth-order valence-corrected chi connectivity index (χ4v) is 3.47. The number of piperazine rings is 1. The van der Waals surface area contributed by atoms with Crippen molar-refractivity contribution in [3.05, 3.63) is 41.3 Å². The van der Waals surface area contributed by atoms with E-state index in [1.807, 2.05) is 19.9 Å². The second-order valence-corrected chi connectivity index (χ2v) is 7.92. The zero-order valence-corrected chi connectivity index (χ0v) is 21.6. The quantitative estimate of drug-likeness (QED) is 0.302. The van der Waals surface area contributed by atoms with Crippen LogP contribution in [0.25, 0.3) is 0 Å². The number of guanidine groups is 1. The first-order chi connectivity index (χ1) is 15.0. The molecule has 0 unspecified atom stereocenters. The lowest BCUT2D eigenvalue weighted by atomic mass is 10.2. The third kappa shape index (κ3) is 7.29. The molecule has 1 aromatic carbocycles. The van der Waals surface area contributed by atoms with E-state index in [9.17, 15) is 4.39 Å². The van der Waals surface area contributed by atoms with Crippen molar-refractivity contribution in [2.75, 3.05) is 46.4 Å². The van der Waals surface area contributed by atoms with Crippen molar-refractivity contribution in [3.8, 4) is 5.75 Å². The molecule has 1 aromatic heterocycles. The summed E-state index contributed by atoms with van der Waals surface area (Å²) >= 11 is 0. The lowest BCUT2D eigenvalue weighted by Crippen LogP contribution is -2.52. The first-order valence-electron chi connectivity index (χ1n) is 10.9. The van der Waals surface area contributed by atoms with Gasteiger partial charge in [-0.2, -0.15) is 4.98 Å². The highest BCUT2D eigenvalue weighted by Crippen LogP contribution is 2.19. The predicted molar refractivity (Wildman–Crippen MR) is 133 cm³/mol. The molecule has 1 fully saturated rings. The number of methoxy groups -OCH3 is 1. The minimum Gasteiger partial charge on any atom is -0.494 e. The van der Waals surface area contributed by atoms with Crippen molar-refractivity contribution in [2.24, 2.45) is 4.99 Å². The van der Waals surface area contributed by atoms with Gasteiger partial charge in [0, 0.05) is 51.6 Å². The van der Waals surface area contributed by atoms with Crippen molar-refractivity contribution < 1.29 is 13.7 Å². The molecule has 10 heteroatoms. The Kier molecular flexibility index (Phi) is 10.6. The van der Waals surface area contributed by atoms with Crippen molar-refractivity contribution in [1.82, 2.24) is 25.3 Å². The summed E-state index contributed by atoms with van der Waals surface area (Å²) in [6, 6.07) is 5.16. The molecule has 2 heterocycles. The van der Waals surface area contributed by atoms with Gasteiger partial charge in [0.2, 0.25) is 5.89 Å². The molecule has 1 aliphatic heterocycles. The summed E-state index contributed by atoms with van der Waals surface area (Å²) < 4.78 is 24.2. The lowest BCUT2D eigenvalue weighted by Gasteiger charge is -2.36. The minimum absolute atomic E-state index is 0. The summed E-state index contributed by atoms with van der Waals surface area (Å²) in [7, 11) is 1.48. The Morgan fingerprint density at radius 3 is 2.62 bits per heavy atom. The van der Waals surface area contributed by atoms with E-state index in [-0.39, 0.29) is 41.5 Å². The lowest BCUT2D eigenvalue weighted by molar-refractivity contribution is 0.172. The number of nitrogens with zero attached hydrogens (tertiary/aromatic N) is 5. The Bertz CT molecular complexity index is 868. The number of aliphatic imine (C=N–C) groups is 1. The zero-order valence-electron chi connectivity index (χ0n) is 19.3. The van der Waals surface area contributed by atoms with Gasteiger partial charge in [0.15, 0.2) is 23.4 Å². The molecule has 0 aliphatic carbocycles. The highest BCUT2D eigenvalue weighted by molar-refractivity contribution is 14.0. The van der Waals surface area contributed by atoms with Crippen molar-refractivity contribution >= 4 is 29.9 Å². The van der Waals surface area contributed by atoms with Gasteiger partial charge in [-0.25, -0.2) is 4.39 Å². The van der Waals surface area contributed by atoms with Gasteiger partial charge in [-0.3, -0.25) is 9.89 Å². The van der Waals surface area contributed by atoms with Crippen molar-refractivity contribution in [1.29, 1.82) is 0 Å². The van der Waals surface area contributed by atoms with Crippen molar-refractivity contribution in [2.45, 2.75) is 39.7 Å². The van der Waals surface area contributed by atoms with Crippen LogP contribution in [0.3, 0.4) is 0 Å². The van der Waals surface area contributed by atoms with Crippen LogP contribution in [0.5, 0.6) is 5.75 Å². The molecule has 3 rings (SSSR count). The highest BCUT2D eigenvalue weighted by Gasteiger charge is 2.20. The maximum Gasteiger partial charge on any atom is 0.228 e. The zero-order chi connectivity index (χ0) is 22.2. The number of nitrogens with one attached hydrogen (secondary N) is 1. The Balaban J connectivity index is 0.00000363. The molecular weight excluding hydrogens is 526 g/mol. The van der Waals surface area contributed by atoms with Gasteiger partial charge in [0.25, 0.3) is 0 Å². The largest absolute Gasteiger partial charge is 0.494 e. The van der Waals surface area contributed by atoms with Crippen LogP contribution in [0, 0.1) is 5.82 Å². The number of rotatable bonds is 8. The second kappa shape index (κ2) is 12.9. The van der Waals surface area contributed by atoms with E-state index < -0.39 is 0 Å². The number of benzene rings is 1. The third-order valence-electron chi connectivity index (χ3n) is 5.22. The molecule has 0 amide bonds. The van der Waals surface area contributed by atoms with E-state index >= 15 is 0 Å². The maximum atomic E-state index is 13.9. The number of halogens is 2. The van der Waals surface area contributed by atoms with Crippen molar-refractivity contribution in [3.63, 3.8) is 0 Å². The van der Waals surface area contributed by atoms with Gasteiger partial charge in [-0.15, -0.1) is 24.0 Å². The molecule has 0 saturated carbocycles. The van der Waals surface area contributed by atoms with Crippen LogP contribution in [0.15, 0.2) is 27.7 Å². The number of hydrogen-bond donors (Lipinski definition) is 1. The highest BCUT2D eigenvalue weighted by atomic mass is 127. The first-order valence-corrected chi connectivity index (χ1v) is 10.9. The van der Waals surface area contributed by atoms with Crippen LogP contribution < -0.4 is 10.1 Å². The Morgan fingerprint density at radius 1 is 1.28 bits per heavy atom. The van der Waals surface area contributed by atoms with E-state index in [0.29, 0.717) is 18.9 Å². The van der Waals surface area contributed by atoms with Crippen LogP contribution in [0.4, 0.5) is 4.39 Å². The molecule has 1 N–H and O–H groups in total. The Labute approximate surface area is 206 Å². The molecule has 8 nitrogen and oxygen atoms in total. The van der Waals surface area contributed by atoms with Crippen LogP contribution in [-0.2, 0) is 13.0 Å². The molecule has 32 heavy (non-hydrogen) atoms. The molecule has 0 bridgehead atoms. The van der Waals surface area contributed by atoms with Gasteiger partial charge < -0.3 is 19.5 Å². The molecule has 178 valence electrons. The molecule has 1 aliphatic rings. The number of aromatic nitrogens is 2. The minimum atomic E-state index is -0.318. The van der Waals surface area contributed by atoms with E-state index in [2.05, 4.69) is 32.2 Å². The number of hydrogen-bond acceptors (Lipinski definition) is 6. The van der Waals surface area contributed by atoms with Crippen LogP contribution in [0.2, 0.25) is 0 Å². The van der Waals surface area contributed by atoms with Crippen LogP contribution in [-0.4, -0.2) is 72.3 Å². The summed E-state index contributed by atoms with van der Waals surface area (Å²) in [5.41, 5.74) is 0.952. The average Bonchev–Trinajstić information content (AvgIpc) is 3.23. The van der Waals surface area contributed by atoms with Gasteiger partial charge in [-0.1, -0.05) is 25.1 Å². The summed E-state index contributed by atoms with van der Waals surface area (Å²) in [6.45, 7) is 11.8. The fraction of sp³-hybridized carbons (Fsp3) is 0.591. The topological polar surface area (TPSA) is 79.0 Å². The molecule has 0 atom stereocenters. The SMILES string of the molecule is CCNC(=NCCc1nc(C(C)C)no1)N1CCN(Cc2ccc(OC)c(F)c2)CC1.I. The monoisotopic (exact) mass is 560 g/mol. The van der Waals surface area contributed by atoms with E-state index in [1.165, 1.54) is 7.11 Å². The Morgan fingerprint density at radius 2 is 2.03 bits per heavy atom. The number of ether oxygens (including phenoxy) is 1. The molecule has 2 aromatic rings. The van der Waals surface area contributed by atoms with E-state index in [1.54, 1.807) is 12.1 Å². The van der Waals surface area contributed by atoms with Gasteiger partial charge in [-0.05, 0) is 24.6 Å². The van der Waals surface area contributed by atoms with E-state index in [0.717, 1.165) is 56.6 Å². The summed E-state index contributed by atoms with van der Waals surface area (Å²) in [4.78, 5) is 13.8. The van der Waals surface area contributed by atoms with Crippen LogP contribution >= 0.6 is 24.0 Å². The molecular formula is C22H34FIN6O2. The predicted octanol–water partition coefficient (Wildman–Crippen LogP) is 3.28. The average molecular weight is 560 g/mol. The maximum absolute atomic E-state index is 13.9. The summed E-state index contributed by atoms with van der Waals surface area (Å²) in [6.07, 6.45) is 0.623. The van der Waals surface area contributed by atoms with E-state index in [4.69, 9.17) is 14.3 Å². The Hall–Kier alpha value is -1.95.